The molecule has 1 aliphatic rings. The molecule has 0 amide bonds. The van der Waals surface area contributed by atoms with Crippen LogP contribution >= 0.6 is 12.4 Å². The zero-order valence-corrected chi connectivity index (χ0v) is 9.90. The normalized spacial score (nSPS) is 14.0. The Morgan fingerprint density at radius 3 is 2.82 bits per heavy atom. The van der Waals surface area contributed by atoms with Gasteiger partial charge in [0.05, 0.1) is 6.61 Å². The van der Waals surface area contributed by atoms with Crippen LogP contribution < -0.4 is 15.2 Å². The molecule has 0 saturated heterocycles. The van der Waals surface area contributed by atoms with Gasteiger partial charge >= 0.3 is 0 Å². The Morgan fingerprint density at radius 2 is 2.12 bits per heavy atom. The summed E-state index contributed by atoms with van der Waals surface area (Å²) < 4.78 is 10.3. The van der Waals surface area contributed by atoms with E-state index in [0.717, 1.165) is 0 Å². The maximum absolute atomic E-state index is 11.7. The zero-order valence-electron chi connectivity index (χ0n) is 9.09. The van der Waals surface area contributed by atoms with E-state index in [1.807, 2.05) is 0 Å². The Balaban J connectivity index is 0.00000144. The van der Waals surface area contributed by atoms with Gasteiger partial charge in [-0.15, -0.1) is 12.4 Å². The molecule has 1 atom stereocenters. The Morgan fingerprint density at radius 1 is 1.41 bits per heavy atom. The first kappa shape index (κ1) is 13.8. The molecule has 1 aliphatic heterocycles. The van der Waals surface area contributed by atoms with Crippen LogP contribution in [0.25, 0.3) is 0 Å². The number of nitrogens with two attached hydrogens (primary N) is 1. The van der Waals surface area contributed by atoms with E-state index in [0.29, 0.717) is 17.1 Å². The molecule has 0 fully saturated rings. The molecular weight excluding hydrogens is 246 g/mol. The molecule has 1 aromatic carbocycles. The minimum atomic E-state index is -0.516. The molecular formula is C11H14ClNO4. The number of hydrogen-bond donors (Lipinski definition) is 2. The summed E-state index contributed by atoms with van der Waals surface area (Å²) in [5.74, 6) is 1.10. The second kappa shape index (κ2) is 5.86. The minimum absolute atomic E-state index is 0. The Kier molecular flexibility index (Phi) is 4.74. The lowest BCUT2D eigenvalue weighted by Gasteiger charge is -2.07. The zero-order chi connectivity index (χ0) is 11.5. The molecule has 0 aromatic heterocycles. The lowest BCUT2D eigenvalue weighted by atomic mass is 10.0. The first-order valence-electron chi connectivity index (χ1n) is 5.00. The number of hydrogen-bond acceptors (Lipinski definition) is 5. The van der Waals surface area contributed by atoms with E-state index in [1.54, 1.807) is 18.2 Å². The summed E-state index contributed by atoms with van der Waals surface area (Å²) in [7, 11) is 0. The molecule has 3 N–H and O–H groups in total. The van der Waals surface area contributed by atoms with Crippen LogP contribution in [0.3, 0.4) is 0 Å². The molecule has 1 aromatic rings. The molecule has 0 aliphatic carbocycles. The second-order valence-electron chi connectivity index (χ2n) is 3.64. The average Bonchev–Trinajstić information content (AvgIpc) is 2.75. The van der Waals surface area contributed by atoms with Crippen LogP contribution in [0.15, 0.2) is 18.2 Å². The van der Waals surface area contributed by atoms with Gasteiger partial charge in [0.25, 0.3) is 0 Å². The van der Waals surface area contributed by atoms with Crippen molar-refractivity contribution in [3.8, 4) is 11.5 Å². The maximum atomic E-state index is 11.7. The van der Waals surface area contributed by atoms with Crippen molar-refractivity contribution < 1.29 is 19.4 Å². The fourth-order valence-electron chi connectivity index (χ4n) is 1.49. The average molecular weight is 260 g/mol. The number of halogens is 1. The number of aliphatic hydroxyl groups is 1. The third-order valence-electron chi connectivity index (χ3n) is 2.38. The van der Waals surface area contributed by atoms with Gasteiger partial charge in [-0.1, -0.05) is 0 Å². The Bertz CT molecular complexity index is 410. The number of aliphatic hydroxyl groups excluding tert-OH is 1. The monoisotopic (exact) mass is 259 g/mol. The smallest absolute Gasteiger partial charge is 0.231 e. The molecule has 0 radical (unpaired) electrons. The van der Waals surface area contributed by atoms with Crippen LogP contribution in [0.1, 0.15) is 16.8 Å². The number of ketones is 1. The molecule has 0 saturated carbocycles. The first-order valence-corrected chi connectivity index (χ1v) is 5.00. The standard InChI is InChI=1S/C11H13NO4.ClH/c12-8(5-13)4-9(14)7-1-2-10-11(3-7)16-6-15-10;/h1-3,8,13H,4-6,12H2;1H. The molecule has 6 heteroatoms. The lowest BCUT2D eigenvalue weighted by molar-refractivity contribution is 0.0961. The fourth-order valence-corrected chi connectivity index (χ4v) is 1.49. The Labute approximate surface area is 105 Å². The van der Waals surface area contributed by atoms with Crippen molar-refractivity contribution in [2.24, 2.45) is 5.73 Å². The number of ether oxygens (including phenoxy) is 2. The molecule has 1 heterocycles. The van der Waals surface area contributed by atoms with Gasteiger partial charge in [0, 0.05) is 18.0 Å². The summed E-state index contributed by atoms with van der Waals surface area (Å²) in [5.41, 5.74) is 6.02. The van der Waals surface area contributed by atoms with Crippen molar-refractivity contribution in [3.63, 3.8) is 0 Å². The van der Waals surface area contributed by atoms with Gasteiger partial charge < -0.3 is 20.3 Å². The number of benzene rings is 1. The maximum Gasteiger partial charge on any atom is 0.231 e. The van der Waals surface area contributed by atoms with Crippen LogP contribution in [-0.4, -0.2) is 30.3 Å². The summed E-state index contributed by atoms with van der Waals surface area (Å²) in [4.78, 5) is 11.7. The van der Waals surface area contributed by atoms with E-state index < -0.39 is 6.04 Å². The molecule has 0 bridgehead atoms. The van der Waals surface area contributed by atoms with Crippen LogP contribution in [0.2, 0.25) is 0 Å². The van der Waals surface area contributed by atoms with E-state index in [-0.39, 0.29) is 38.0 Å². The largest absolute Gasteiger partial charge is 0.454 e. The molecule has 94 valence electrons. The van der Waals surface area contributed by atoms with E-state index in [4.69, 9.17) is 20.3 Å². The highest BCUT2D eigenvalue weighted by Gasteiger charge is 2.17. The van der Waals surface area contributed by atoms with Gasteiger partial charge in [-0.25, -0.2) is 0 Å². The van der Waals surface area contributed by atoms with Crippen LogP contribution in [0.5, 0.6) is 11.5 Å². The predicted octanol–water partition coefficient (Wildman–Crippen LogP) is 0.730. The molecule has 17 heavy (non-hydrogen) atoms. The summed E-state index contributed by atoms with van der Waals surface area (Å²) in [6.07, 6.45) is 0.121. The van der Waals surface area contributed by atoms with Crippen molar-refractivity contribution in [1.29, 1.82) is 0 Å². The molecule has 5 nitrogen and oxygen atoms in total. The topological polar surface area (TPSA) is 81.8 Å². The van der Waals surface area contributed by atoms with Gasteiger partial charge in [-0.2, -0.15) is 0 Å². The summed E-state index contributed by atoms with van der Waals surface area (Å²) in [6, 6.07) is 4.48. The van der Waals surface area contributed by atoms with Crippen molar-refractivity contribution in [2.45, 2.75) is 12.5 Å². The van der Waals surface area contributed by atoms with Gasteiger partial charge in [0.2, 0.25) is 6.79 Å². The van der Waals surface area contributed by atoms with Crippen molar-refractivity contribution in [3.05, 3.63) is 23.8 Å². The van der Waals surface area contributed by atoms with E-state index in [9.17, 15) is 4.79 Å². The summed E-state index contributed by atoms with van der Waals surface area (Å²) >= 11 is 0. The van der Waals surface area contributed by atoms with Crippen molar-refractivity contribution in [2.75, 3.05) is 13.4 Å². The summed E-state index contributed by atoms with van der Waals surface area (Å²) in [5, 5.41) is 8.76. The number of fused-ring (bicyclic) bond motifs is 1. The van der Waals surface area contributed by atoms with Gasteiger partial charge in [0.15, 0.2) is 17.3 Å². The predicted molar refractivity (Wildman–Crippen MR) is 63.8 cm³/mol. The van der Waals surface area contributed by atoms with Gasteiger partial charge in [0.1, 0.15) is 0 Å². The minimum Gasteiger partial charge on any atom is -0.454 e. The number of Topliss-reactive ketones (excluding diaryl/α,β-unsaturated/α-hetero) is 1. The van der Waals surface area contributed by atoms with Crippen molar-refractivity contribution in [1.82, 2.24) is 0 Å². The van der Waals surface area contributed by atoms with Crippen LogP contribution in [0, 0.1) is 0 Å². The van der Waals surface area contributed by atoms with E-state index >= 15 is 0 Å². The SMILES string of the molecule is Cl.NC(CO)CC(=O)c1ccc2c(c1)OCO2. The summed E-state index contributed by atoms with van der Waals surface area (Å²) in [6.45, 7) is -0.0145. The van der Waals surface area contributed by atoms with Gasteiger partial charge in [-0.3, -0.25) is 4.79 Å². The third kappa shape index (κ3) is 3.09. The third-order valence-corrected chi connectivity index (χ3v) is 2.38. The Hall–Kier alpha value is -1.30. The fraction of sp³-hybridized carbons (Fsp3) is 0.364. The number of carbonyl (C=O) groups excluding carboxylic acids is 1. The quantitative estimate of drug-likeness (QED) is 0.779. The second-order valence-corrected chi connectivity index (χ2v) is 3.64. The number of rotatable bonds is 4. The highest BCUT2D eigenvalue weighted by Crippen LogP contribution is 2.32. The highest BCUT2D eigenvalue weighted by molar-refractivity contribution is 5.97. The van der Waals surface area contributed by atoms with Crippen LogP contribution in [-0.2, 0) is 0 Å². The highest BCUT2D eigenvalue weighted by atomic mass is 35.5. The number of carbonyl (C=O) groups is 1. The first-order chi connectivity index (χ1) is 7.70. The van der Waals surface area contributed by atoms with Crippen molar-refractivity contribution >= 4 is 18.2 Å². The molecule has 0 spiro atoms. The molecule has 2 rings (SSSR count). The van der Waals surface area contributed by atoms with E-state index in [1.165, 1.54) is 0 Å². The van der Waals surface area contributed by atoms with Gasteiger partial charge in [-0.05, 0) is 18.2 Å². The van der Waals surface area contributed by atoms with E-state index in [2.05, 4.69) is 0 Å². The molecule has 1 unspecified atom stereocenters. The lowest BCUT2D eigenvalue weighted by Crippen LogP contribution is -2.27. The van der Waals surface area contributed by atoms with Crippen LogP contribution in [0.4, 0.5) is 0 Å².